The first-order valence-electron chi connectivity index (χ1n) is 7.88. The maximum Gasteiger partial charge on any atom is 0.272 e. The summed E-state index contributed by atoms with van der Waals surface area (Å²) in [6.07, 6.45) is 1.72. The van der Waals surface area contributed by atoms with Gasteiger partial charge in [-0.25, -0.2) is 4.98 Å². The van der Waals surface area contributed by atoms with E-state index in [1.807, 2.05) is 24.3 Å². The Hall–Kier alpha value is -2.40. The molecule has 1 aliphatic heterocycles. The molecule has 2 aromatic rings. The molecule has 1 saturated heterocycles. The second kappa shape index (κ2) is 7.24. The zero-order valence-corrected chi connectivity index (χ0v) is 13.2. The molecule has 1 aliphatic rings. The van der Waals surface area contributed by atoms with Crippen molar-refractivity contribution in [2.75, 3.05) is 31.6 Å². The topological polar surface area (TPSA) is 54.5 Å². The second-order valence-corrected chi connectivity index (χ2v) is 5.61. The number of ether oxygens (including phenoxy) is 1. The zero-order chi connectivity index (χ0) is 16.1. The van der Waals surface area contributed by atoms with Crippen LogP contribution in [0.4, 0.5) is 5.69 Å². The maximum atomic E-state index is 12.3. The van der Waals surface area contributed by atoms with E-state index >= 15 is 0 Å². The van der Waals surface area contributed by atoms with E-state index in [0.717, 1.165) is 5.69 Å². The van der Waals surface area contributed by atoms with Gasteiger partial charge in [0.05, 0.1) is 25.1 Å². The quantitative estimate of drug-likeness (QED) is 0.943. The summed E-state index contributed by atoms with van der Waals surface area (Å²) in [5.41, 5.74) is 2.59. The zero-order valence-electron chi connectivity index (χ0n) is 13.2. The molecule has 23 heavy (non-hydrogen) atoms. The summed E-state index contributed by atoms with van der Waals surface area (Å²) in [7, 11) is 0. The highest BCUT2D eigenvalue weighted by atomic mass is 16.5. The van der Waals surface area contributed by atoms with Crippen LogP contribution in [0.1, 0.15) is 29.0 Å². The molecule has 5 nitrogen and oxygen atoms in total. The predicted octanol–water partition coefficient (Wildman–Crippen LogP) is 2.73. The molecule has 1 unspecified atom stereocenters. The maximum absolute atomic E-state index is 12.3. The van der Waals surface area contributed by atoms with E-state index in [-0.39, 0.29) is 11.9 Å². The third kappa shape index (κ3) is 3.87. The molecule has 1 atom stereocenters. The summed E-state index contributed by atoms with van der Waals surface area (Å²) in [6.45, 7) is 4.55. The molecule has 1 amide bonds. The first-order chi connectivity index (χ1) is 11.2. The Morgan fingerprint density at radius 2 is 1.91 bits per heavy atom. The van der Waals surface area contributed by atoms with Crippen LogP contribution in [0, 0.1) is 0 Å². The van der Waals surface area contributed by atoms with Crippen molar-refractivity contribution in [3.05, 3.63) is 59.9 Å². The van der Waals surface area contributed by atoms with Gasteiger partial charge in [0.25, 0.3) is 5.91 Å². The number of aromatic nitrogens is 1. The largest absolute Gasteiger partial charge is 0.378 e. The minimum Gasteiger partial charge on any atom is -0.378 e. The molecule has 0 aliphatic carbocycles. The molecular weight excluding hydrogens is 290 g/mol. The minimum atomic E-state index is -0.0315. The van der Waals surface area contributed by atoms with Gasteiger partial charge in [-0.2, -0.15) is 0 Å². The van der Waals surface area contributed by atoms with Crippen LogP contribution in [0.3, 0.4) is 0 Å². The third-order valence-corrected chi connectivity index (χ3v) is 3.96. The number of anilines is 1. The number of amides is 1. The molecule has 120 valence electrons. The monoisotopic (exact) mass is 311 g/mol. The predicted molar refractivity (Wildman–Crippen MR) is 89.4 cm³/mol. The lowest BCUT2D eigenvalue weighted by molar-refractivity contribution is 0.0299. The van der Waals surface area contributed by atoms with E-state index in [4.69, 9.17) is 4.74 Å². The molecule has 1 N–H and O–H groups in total. The molecule has 0 radical (unpaired) electrons. The van der Waals surface area contributed by atoms with Gasteiger partial charge in [-0.05, 0) is 24.6 Å². The fourth-order valence-corrected chi connectivity index (χ4v) is 2.61. The third-order valence-electron chi connectivity index (χ3n) is 3.96. The van der Waals surface area contributed by atoms with Gasteiger partial charge in [0, 0.05) is 19.1 Å². The van der Waals surface area contributed by atoms with Crippen LogP contribution in [0.5, 0.6) is 0 Å². The van der Waals surface area contributed by atoms with Crippen LogP contribution in [0.15, 0.2) is 48.7 Å². The number of rotatable bonds is 4. The summed E-state index contributed by atoms with van der Waals surface area (Å²) in [5, 5.41) is 3.40. The molecule has 1 fully saturated rings. The number of carbonyl (C=O) groups excluding carboxylic acids is 1. The number of nitrogens with one attached hydrogen (secondary N) is 1. The Bertz CT molecular complexity index is 637. The molecule has 1 aromatic carbocycles. The Morgan fingerprint density at radius 3 is 2.57 bits per heavy atom. The van der Waals surface area contributed by atoms with E-state index in [2.05, 4.69) is 29.4 Å². The van der Waals surface area contributed by atoms with Crippen LogP contribution in [-0.2, 0) is 4.74 Å². The number of hydrogen-bond acceptors (Lipinski definition) is 4. The second-order valence-electron chi connectivity index (χ2n) is 5.61. The van der Waals surface area contributed by atoms with Crippen molar-refractivity contribution in [1.82, 2.24) is 9.88 Å². The summed E-state index contributed by atoms with van der Waals surface area (Å²) in [5.74, 6) is -0.0315. The first kappa shape index (κ1) is 15.5. The molecule has 3 rings (SSSR count). The molecule has 5 heteroatoms. The Morgan fingerprint density at radius 1 is 1.17 bits per heavy atom. The smallest absolute Gasteiger partial charge is 0.272 e. The highest BCUT2D eigenvalue weighted by molar-refractivity contribution is 5.92. The van der Waals surface area contributed by atoms with Crippen molar-refractivity contribution in [3.63, 3.8) is 0 Å². The van der Waals surface area contributed by atoms with E-state index in [1.54, 1.807) is 17.2 Å². The average Bonchev–Trinajstić information content (AvgIpc) is 2.63. The van der Waals surface area contributed by atoms with Crippen molar-refractivity contribution in [3.8, 4) is 0 Å². The van der Waals surface area contributed by atoms with Crippen molar-refractivity contribution in [1.29, 1.82) is 0 Å². The van der Waals surface area contributed by atoms with Gasteiger partial charge >= 0.3 is 0 Å². The van der Waals surface area contributed by atoms with Crippen LogP contribution >= 0.6 is 0 Å². The van der Waals surface area contributed by atoms with Gasteiger partial charge in [-0.15, -0.1) is 0 Å². The van der Waals surface area contributed by atoms with Crippen molar-refractivity contribution >= 4 is 11.6 Å². The van der Waals surface area contributed by atoms with Gasteiger partial charge in [0.1, 0.15) is 5.69 Å². The normalized spacial score (nSPS) is 16.0. The molecule has 0 bridgehead atoms. The number of carbonyl (C=O) groups is 1. The van der Waals surface area contributed by atoms with E-state index < -0.39 is 0 Å². The van der Waals surface area contributed by atoms with E-state index in [1.165, 1.54) is 5.56 Å². The molecule has 2 heterocycles. The first-order valence-corrected chi connectivity index (χ1v) is 7.88. The van der Waals surface area contributed by atoms with Gasteiger partial charge < -0.3 is 15.0 Å². The van der Waals surface area contributed by atoms with Gasteiger partial charge in [0.2, 0.25) is 0 Å². The summed E-state index contributed by atoms with van der Waals surface area (Å²) < 4.78 is 5.27. The van der Waals surface area contributed by atoms with Crippen molar-refractivity contribution in [2.45, 2.75) is 13.0 Å². The average molecular weight is 311 g/mol. The number of benzene rings is 1. The van der Waals surface area contributed by atoms with Crippen LogP contribution in [0.25, 0.3) is 0 Å². The van der Waals surface area contributed by atoms with Crippen molar-refractivity contribution in [2.24, 2.45) is 0 Å². The lowest BCUT2D eigenvalue weighted by Gasteiger charge is -2.26. The summed E-state index contributed by atoms with van der Waals surface area (Å²) in [6, 6.07) is 14.1. The minimum absolute atomic E-state index is 0.0315. The van der Waals surface area contributed by atoms with Gasteiger partial charge in [-0.3, -0.25) is 4.79 Å². The molecular formula is C18H21N3O2. The lowest BCUT2D eigenvalue weighted by Crippen LogP contribution is -2.41. The Kier molecular flexibility index (Phi) is 4.88. The van der Waals surface area contributed by atoms with Crippen molar-refractivity contribution < 1.29 is 9.53 Å². The highest BCUT2D eigenvalue weighted by Crippen LogP contribution is 2.18. The Balaban J connectivity index is 1.63. The lowest BCUT2D eigenvalue weighted by atomic mass is 10.1. The number of hydrogen-bond donors (Lipinski definition) is 1. The standard InChI is InChI=1S/C18H21N3O2/c1-14(15-5-3-2-4-6-15)20-16-7-8-17(19-13-16)18(22)21-9-11-23-12-10-21/h2-8,13-14,20H,9-12H2,1H3. The van der Waals surface area contributed by atoms with Gasteiger partial charge in [-0.1, -0.05) is 30.3 Å². The summed E-state index contributed by atoms with van der Waals surface area (Å²) in [4.78, 5) is 18.4. The van der Waals surface area contributed by atoms with E-state index in [9.17, 15) is 4.79 Å². The van der Waals surface area contributed by atoms with Crippen LogP contribution in [0.2, 0.25) is 0 Å². The SMILES string of the molecule is CC(Nc1ccc(C(=O)N2CCOCC2)nc1)c1ccccc1. The molecule has 1 aromatic heterocycles. The van der Waals surface area contributed by atoms with Crippen LogP contribution < -0.4 is 5.32 Å². The molecule has 0 spiro atoms. The number of morpholine rings is 1. The van der Waals surface area contributed by atoms with Gasteiger partial charge in [0.15, 0.2) is 0 Å². The fraction of sp³-hybridized carbons (Fsp3) is 0.333. The number of nitrogens with zero attached hydrogens (tertiary/aromatic N) is 2. The highest BCUT2D eigenvalue weighted by Gasteiger charge is 2.19. The van der Waals surface area contributed by atoms with Crippen LogP contribution in [-0.4, -0.2) is 42.1 Å². The fourth-order valence-electron chi connectivity index (χ4n) is 2.61. The molecule has 0 saturated carbocycles. The van der Waals surface area contributed by atoms with E-state index in [0.29, 0.717) is 32.0 Å². The Labute approximate surface area is 136 Å². The number of pyridine rings is 1. The summed E-state index contributed by atoms with van der Waals surface area (Å²) >= 11 is 0.